The van der Waals surface area contributed by atoms with Crippen molar-refractivity contribution < 1.29 is 17.9 Å². The number of methoxy groups -OCH3 is 1. The molecule has 0 fully saturated rings. The van der Waals surface area contributed by atoms with Crippen LogP contribution in [-0.4, -0.2) is 28.0 Å². The van der Waals surface area contributed by atoms with Gasteiger partial charge in [-0.3, -0.25) is 9.10 Å². The fourth-order valence-corrected chi connectivity index (χ4v) is 4.89. The van der Waals surface area contributed by atoms with Crippen LogP contribution in [0.25, 0.3) is 0 Å². The van der Waals surface area contributed by atoms with Crippen LogP contribution in [0.4, 0.5) is 5.69 Å². The van der Waals surface area contributed by atoms with E-state index >= 15 is 0 Å². The summed E-state index contributed by atoms with van der Waals surface area (Å²) in [5.74, 6) is 0.240. The summed E-state index contributed by atoms with van der Waals surface area (Å²) in [6.07, 6.45) is 0. The molecule has 0 radical (unpaired) electrons. The third-order valence-corrected chi connectivity index (χ3v) is 6.76. The van der Waals surface area contributed by atoms with E-state index in [2.05, 4.69) is 5.32 Å². The number of aryl methyl sites for hydroxylation is 1. The van der Waals surface area contributed by atoms with Crippen LogP contribution in [0, 0.1) is 6.92 Å². The standard InChI is InChI=1S/C24H26N2O4S/c1-18-11-7-9-15-22(18)26(31(28,29)20-12-5-4-6-13-20)17-24(27)25-19(2)21-14-8-10-16-23(21)30-3/h4-16,19H,17H2,1-3H3,(H,25,27)/t19-/m1/s1. The predicted octanol–water partition coefficient (Wildman–Crippen LogP) is 4.08. The normalized spacial score (nSPS) is 12.1. The van der Waals surface area contributed by atoms with Gasteiger partial charge >= 0.3 is 0 Å². The predicted molar refractivity (Wildman–Crippen MR) is 122 cm³/mol. The second-order valence-electron chi connectivity index (χ2n) is 7.14. The number of ether oxygens (including phenoxy) is 1. The van der Waals surface area contributed by atoms with E-state index in [1.54, 1.807) is 37.4 Å². The molecule has 7 heteroatoms. The first-order chi connectivity index (χ1) is 14.8. The number of hydrogen-bond acceptors (Lipinski definition) is 4. The van der Waals surface area contributed by atoms with Gasteiger partial charge in [-0.05, 0) is 43.7 Å². The van der Waals surface area contributed by atoms with Crippen LogP contribution in [0.15, 0.2) is 83.8 Å². The van der Waals surface area contributed by atoms with E-state index in [1.165, 1.54) is 12.1 Å². The summed E-state index contributed by atoms with van der Waals surface area (Å²) >= 11 is 0. The van der Waals surface area contributed by atoms with Gasteiger partial charge in [-0.2, -0.15) is 0 Å². The SMILES string of the molecule is COc1ccccc1[C@@H](C)NC(=O)CN(c1ccccc1C)S(=O)(=O)c1ccccc1. The molecule has 0 aliphatic carbocycles. The molecule has 6 nitrogen and oxygen atoms in total. The molecule has 0 spiro atoms. The monoisotopic (exact) mass is 438 g/mol. The van der Waals surface area contributed by atoms with Gasteiger partial charge in [0.05, 0.1) is 23.7 Å². The largest absolute Gasteiger partial charge is 0.496 e. The van der Waals surface area contributed by atoms with Crippen molar-refractivity contribution >= 4 is 21.6 Å². The summed E-state index contributed by atoms with van der Waals surface area (Å²) in [5, 5.41) is 2.89. The Morgan fingerprint density at radius 2 is 1.58 bits per heavy atom. The molecule has 1 atom stereocenters. The molecule has 0 heterocycles. The summed E-state index contributed by atoms with van der Waals surface area (Å²) in [7, 11) is -2.37. The molecule has 0 unspecified atom stereocenters. The minimum absolute atomic E-state index is 0.129. The number of carbonyl (C=O) groups is 1. The number of amides is 1. The van der Waals surface area contributed by atoms with Gasteiger partial charge < -0.3 is 10.1 Å². The lowest BCUT2D eigenvalue weighted by Crippen LogP contribution is -2.42. The maximum absolute atomic E-state index is 13.4. The molecule has 0 saturated carbocycles. The van der Waals surface area contributed by atoms with Crippen LogP contribution in [0.1, 0.15) is 24.1 Å². The lowest BCUT2D eigenvalue weighted by atomic mass is 10.1. The quantitative estimate of drug-likeness (QED) is 0.575. The van der Waals surface area contributed by atoms with Crippen LogP contribution in [0.5, 0.6) is 5.75 Å². The number of sulfonamides is 1. The van der Waals surface area contributed by atoms with Crippen molar-refractivity contribution in [2.45, 2.75) is 24.8 Å². The zero-order chi connectivity index (χ0) is 22.4. The Kier molecular flexibility index (Phi) is 6.97. The molecule has 1 N–H and O–H groups in total. The number of nitrogens with one attached hydrogen (secondary N) is 1. The highest BCUT2D eigenvalue weighted by Gasteiger charge is 2.28. The highest BCUT2D eigenvalue weighted by atomic mass is 32.2. The summed E-state index contributed by atoms with van der Waals surface area (Å²) in [4.78, 5) is 13.1. The molecule has 31 heavy (non-hydrogen) atoms. The van der Waals surface area contributed by atoms with Crippen molar-refractivity contribution in [1.29, 1.82) is 0 Å². The first kappa shape index (κ1) is 22.4. The number of hydrogen-bond donors (Lipinski definition) is 1. The van der Waals surface area contributed by atoms with Gasteiger partial charge in [0, 0.05) is 5.56 Å². The fraction of sp³-hybridized carbons (Fsp3) is 0.208. The Hall–Kier alpha value is -3.32. The molecule has 0 bridgehead atoms. The molecule has 0 aliphatic rings. The average Bonchev–Trinajstić information content (AvgIpc) is 2.78. The van der Waals surface area contributed by atoms with Crippen molar-refractivity contribution in [2.75, 3.05) is 18.0 Å². The summed E-state index contributed by atoms with van der Waals surface area (Å²) < 4.78 is 33.3. The Balaban J connectivity index is 1.90. The van der Waals surface area contributed by atoms with Gasteiger partial charge in [0.2, 0.25) is 5.91 Å². The van der Waals surface area contributed by atoms with E-state index < -0.39 is 15.9 Å². The Morgan fingerprint density at radius 3 is 2.26 bits per heavy atom. The zero-order valence-electron chi connectivity index (χ0n) is 17.8. The van der Waals surface area contributed by atoms with E-state index in [9.17, 15) is 13.2 Å². The minimum atomic E-state index is -3.94. The van der Waals surface area contributed by atoms with Crippen molar-refractivity contribution in [3.05, 3.63) is 90.0 Å². The van der Waals surface area contributed by atoms with E-state index in [0.717, 1.165) is 15.4 Å². The molecule has 0 aromatic heterocycles. The summed E-state index contributed by atoms with van der Waals surface area (Å²) in [5.41, 5.74) is 2.03. The molecular formula is C24H26N2O4S. The van der Waals surface area contributed by atoms with Crippen molar-refractivity contribution in [2.24, 2.45) is 0 Å². The van der Waals surface area contributed by atoms with Crippen molar-refractivity contribution in [1.82, 2.24) is 5.32 Å². The topological polar surface area (TPSA) is 75.7 Å². The van der Waals surface area contributed by atoms with E-state index in [1.807, 2.05) is 50.2 Å². The molecule has 3 aromatic carbocycles. The number of benzene rings is 3. The van der Waals surface area contributed by atoms with Gasteiger partial charge in [0.25, 0.3) is 10.0 Å². The van der Waals surface area contributed by atoms with E-state index in [-0.39, 0.29) is 17.5 Å². The highest BCUT2D eigenvalue weighted by Crippen LogP contribution is 2.27. The second-order valence-corrected chi connectivity index (χ2v) is 9.00. The molecule has 162 valence electrons. The Labute approximate surface area is 183 Å². The van der Waals surface area contributed by atoms with E-state index in [0.29, 0.717) is 11.4 Å². The minimum Gasteiger partial charge on any atom is -0.496 e. The summed E-state index contributed by atoms with van der Waals surface area (Å²) in [6.45, 7) is 3.30. The zero-order valence-corrected chi connectivity index (χ0v) is 18.6. The van der Waals surface area contributed by atoms with Gasteiger partial charge in [-0.25, -0.2) is 8.42 Å². The first-order valence-electron chi connectivity index (χ1n) is 9.90. The molecule has 1 amide bonds. The average molecular weight is 439 g/mol. The van der Waals surface area contributed by atoms with Crippen LogP contribution in [0.2, 0.25) is 0 Å². The van der Waals surface area contributed by atoms with Crippen LogP contribution >= 0.6 is 0 Å². The highest BCUT2D eigenvalue weighted by molar-refractivity contribution is 7.92. The van der Waals surface area contributed by atoms with Crippen LogP contribution in [0.3, 0.4) is 0 Å². The van der Waals surface area contributed by atoms with Gasteiger partial charge in [0.15, 0.2) is 0 Å². The number of anilines is 1. The van der Waals surface area contributed by atoms with Crippen LogP contribution < -0.4 is 14.4 Å². The molecule has 3 aromatic rings. The smallest absolute Gasteiger partial charge is 0.264 e. The molecule has 0 saturated heterocycles. The van der Waals surface area contributed by atoms with Crippen LogP contribution in [-0.2, 0) is 14.8 Å². The third kappa shape index (κ3) is 5.06. The number of para-hydroxylation sites is 2. The second kappa shape index (κ2) is 9.66. The lowest BCUT2D eigenvalue weighted by molar-refractivity contribution is -0.120. The Morgan fingerprint density at radius 1 is 0.968 bits per heavy atom. The third-order valence-electron chi connectivity index (χ3n) is 4.99. The Bertz CT molecular complexity index is 1150. The number of carbonyl (C=O) groups excluding carboxylic acids is 1. The number of rotatable bonds is 8. The van der Waals surface area contributed by atoms with Crippen molar-refractivity contribution in [3.8, 4) is 5.75 Å². The molecule has 3 rings (SSSR count). The van der Waals surface area contributed by atoms with Gasteiger partial charge in [0.1, 0.15) is 12.3 Å². The van der Waals surface area contributed by atoms with E-state index in [4.69, 9.17) is 4.74 Å². The van der Waals surface area contributed by atoms with Gasteiger partial charge in [-0.1, -0.05) is 54.6 Å². The van der Waals surface area contributed by atoms with Crippen molar-refractivity contribution in [3.63, 3.8) is 0 Å². The maximum Gasteiger partial charge on any atom is 0.264 e. The fourth-order valence-electron chi connectivity index (χ4n) is 3.38. The summed E-state index contributed by atoms with van der Waals surface area (Å²) in [6, 6.07) is 22.3. The first-order valence-corrected chi connectivity index (χ1v) is 11.3. The molecule has 0 aliphatic heterocycles. The lowest BCUT2D eigenvalue weighted by Gasteiger charge is -2.26. The molecular weight excluding hydrogens is 412 g/mol. The maximum atomic E-state index is 13.4. The number of nitrogens with zero attached hydrogens (tertiary/aromatic N) is 1. The van der Waals surface area contributed by atoms with Gasteiger partial charge in [-0.15, -0.1) is 0 Å².